The van der Waals surface area contributed by atoms with E-state index in [-0.39, 0.29) is 0 Å². The zero-order valence-corrected chi connectivity index (χ0v) is 12.0. The van der Waals surface area contributed by atoms with Gasteiger partial charge in [0, 0.05) is 24.2 Å². The number of benzene rings is 1. The fraction of sp³-hybridized carbons (Fsp3) is 0.500. The number of rotatable bonds is 6. The van der Waals surface area contributed by atoms with Crippen molar-refractivity contribution in [3.8, 4) is 6.07 Å². The van der Waals surface area contributed by atoms with Crippen LogP contribution in [0.15, 0.2) is 18.2 Å². The first-order valence-electron chi connectivity index (χ1n) is 6.22. The molecule has 0 saturated heterocycles. The van der Waals surface area contributed by atoms with Gasteiger partial charge >= 0.3 is 0 Å². The van der Waals surface area contributed by atoms with Crippen molar-refractivity contribution in [3.63, 3.8) is 0 Å². The molecule has 4 heteroatoms. The van der Waals surface area contributed by atoms with E-state index in [9.17, 15) is 0 Å². The van der Waals surface area contributed by atoms with Crippen LogP contribution >= 0.6 is 11.6 Å². The second kappa shape index (κ2) is 7.25. The Labute approximate surface area is 114 Å². The Hall–Kier alpha value is -1.24. The Morgan fingerprint density at radius 2 is 2.22 bits per heavy atom. The maximum absolute atomic E-state index is 9.02. The third-order valence-electron chi connectivity index (χ3n) is 3.23. The highest BCUT2D eigenvalue weighted by Crippen LogP contribution is 2.19. The number of hydrogen-bond acceptors (Lipinski definition) is 3. The predicted molar refractivity (Wildman–Crippen MR) is 77.0 cm³/mol. The molecule has 0 fully saturated rings. The van der Waals surface area contributed by atoms with E-state index in [4.69, 9.17) is 16.9 Å². The molecule has 0 radical (unpaired) electrons. The Bertz CT molecular complexity index is 426. The second-order valence-electron chi connectivity index (χ2n) is 4.47. The minimum atomic E-state index is 0.576. The van der Waals surface area contributed by atoms with Crippen molar-refractivity contribution >= 4 is 17.3 Å². The molecular formula is C14H20ClN3. The smallest absolute Gasteiger partial charge is 0.101 e. The second-order valence-corrected chi connectivity index (χ2v) is 4.90. The molecule has 1 aromatic rings. The molecule has 0 aliphatic heterocycles. The summed E-state index contributed by atoms with van der Waals surface area (Å²) in [7, 11) is 2.11. The van der Waals surface area contributed by atoms with Crippen LogP contribution in [0.3, 0.4) is 0 Å². The summed E-state index contributed by atoms with van der Waals surface area (Å²) < 4.78 is 0. The molecule has 0 amide bonds. The fourth-order valence-electron chi connectivity index (χ4n) is 1.66. The lowest BCUT2D eigenvalue weighted by Gasteiger charge is -2.23. The molecular weight excluding hydrogens is 246 g/mol. The van der Waals surface area contributed by atoms with Gasteiger partial charge in [-0.05, 0) is 38.6 Å². The van der Waals surface area contributed by atoms with E-state index in [1.807, 2.05) is 6.07 Å². The average molecular weight is 266 g/mol. The van der Waals surface area contributed by atoms with Crippen LogP contribution in [0.1, 0.15) is 25.8 Å². The first-order valence-corrected chi connectivity index (χ1v) is 6.60. The zero-order valence-electron chi connectivity index (χ0n) is 11.2. The first-order chi connectivity index (χ1) is 8.58. The van der Waals surface area contributed by atoms with E-state index >= 15 is 0 Å². The highest BCUT2D eigenvalue weighted by atomic mass is 35.5. The molecule has 0 spiro atoms. The number of nitrogens with zero attached hydrogens (tertiary/aromatic N) is 2. The molecule has 1 unspecified atom stereocenters. The van der Waals surface area contributed by atoms with E-state index in [1.54, 1.807) is 12.1 Å². The van der Waals surface area contributed by atoms with Crippen molar-refractivity contribution in [1.82, 2.24) is 4.90 Å². The SMILES string of the molecule is CCC(C)N(C)CCNc1ccc(Cl)cc1C#N. The molecule has 1 N–H and O–H groups in total. The Morgan fingerprint density at radius 3 is 2.83 bits per heavy atom. The molecule has 1 atom stereocenters. The summed E-state index contributed by atoms with van der Waals surface area (Å²) in [6, 6.07) is 8.05. The molecule has 0 saturated carbocycles. The number of nitrogens with one attached hydrogen (secondary N) is 1. The van der Waals surface area contributed by atoms with Crippen molar-refractivity contribution in [2.24, 2.45) is 0 Å². The molecule has 18 heavy (non-hydrogen) atoms. The van der Waals surface area contributed by atoms with Crippen molar-refractivity contribution in [1.29, 1.82) is 5.26 Å². The first kappa shape index (κ1) is 14.8. The van der Waals surface area contributed by atoms with Crippen LogP contribution in [-0.2, 0) is 0 Å². The normalized spacial score (nSPS) is 12.2. The summed E-state index contributed by atoms with van der Waals surface area (Å²) in [6.07, 6.45) is 1.14. The van der Waals surface area contributed by atoms with Gasteiger partial charge in [0.25, 0.3) is 0 Å². The summed E-state index contributed by atoms with van der Waals surface area (Å²) in [4.78, 5) is 2.30. The minimum Gasteiger partial charge on any atom is -0.383 e. The van der Waals surface area contributed by atoms with Gasteiger partial charge in [-0.1, -0.05) is 18.5 Å². The van der Waals surface area contributed by atoms with Gasteiger partial charge in [0.1, 0.15) is 6.07 Å². The topological polar surface area (TPSA) is 39.1 Å². The third kappa shape index (κ3) is 4.21. The van der Waals surface area contributed by atoms with E-state index in [2.05, 4.69) is 37.2 Å². The van der Waals surface area contributed by atoms with Crippen molar-refractivity contribution in [3.05, 3.63) is 28.8 Å². The molecule has 3 nitrogen and oxygen atoms in total. The number of likely N-dealkylation sites (N-methyl/N-ethyl adjacent to an activating group) is 1. The van der Waals surface area contributed by atoms with Gasteiger partial charge in [0.2, 0.25) is 0 Å². The monoisotopic (exact) mass is 265 g/mol. The predicted octanol–water partition coefficient (Wildman–Crippen LogP) is 3.35. The quantitative estimate of drug-likeness (QED) is 0.857. The van der Waals surface area contributed by atoms with Gasteiger partial charge in [-0.2, -0.15) is 5.26 Å². The van der Waals surface area contributed by atoms with Gasteiger partial charge in [-0.15, -0.1) is 0 Å². The lowest BCUT2D eigenvalue weighted by Crippen LogP contribution is -2.32. The Morgan fingerprint density at radius 1 is 1.50 bits per heavy atom. The molecule has 0 aromatic heterocycles. The highest BCUT2D eigenvalue weighted by Gasteiger charge is 2.07. The number of nitriles is 1. The van der Waals surface area contributed by atoms with Crippen LogP contribution in [0.2, 0.25) is 5.02 Å². The summed E-state index contributed by atoms with van der Waals surface area (Å²) >= 11 is 5.85. The van der Waals surface area contributed by atoms with Gasteiger partial charge in [-0.25, -0.2) is 0 Å². The van der Waals surface area contributed by atoms with Crippen molar-refractivity contribution in [2.45, 2.75) is 26.3 Å². The highest BCUT2D eigenvalue weighted by molar-refractivity contribution is 6.30. The van der Waals surface area contributed by atoms with Crippen LogP contribution in [0.5, 0.6) is 0 Å². The number of halogens is 1. The molecule has 1 aromatic carbocycles. The Balaban J connectivity index is 2.52. The van der Waals surface area contributed by atoms with Crippen LogP contribution in [-0.4, -0.2) is 31.1 Å². The van der Waals surface area contributed by atoms with Gasteiger partial charge in [0.05, 0.1) is 11.3 Å². The van der Waals surface area contributed by atoms with Crippen LogP contribution in [0, 0.1) is 11.3 Å². The lowest BCUT2D eigenvalue weighted by molar-refractivity contribution is 0.261. The third-order valence-corrected chi connectivity index (χ3v) is 3.46. The molecule has 1 rings (SSSR count). The van der Waals surface area contributed by atoms with Crippen molar-refractivity contribution in [2.75, 3.05) is 25.5 Å². The zero-order chi connectivity index (χ0) is 13.5. The summed E-state index contributed by atoms with van der Waals surface area (Å²) in [5.74, 6) is 0. The van der Waals surface area contributed by atoms with Gasteiger partial charge in [0.15, 0.2) is 0 Å². The minimum absolute atomic E-state index is 0.576. The maximum Gasteiger partial charge on any atom is 0.101 e. The fourth-order valence-corrected chi connectivity index (χ4v) is 1.83. The average Bonchev–Trinajstić information content (AvgIpc) is 2.39. The molecule has 0 aliphatic rings. The van der Waals surface area contributed by atoms with Crippen LogP contribution < -0.4 is 5.32 Å². The molecule has 98 valence electrons. The molecule has 0 bridgehead atoms. The standard InChI is InChI=1S/C14H20ClN3/c1-4-11(2)18(3)8-7-17-14-6-5-13(15)9-12(14)10-16/h5-6,9,11,17H,4,7-8H2,1-3H3. The number of hydrogen-bond donors (Lipinski definition) is 1. The van der Waals surface area contributed by atoms with Gasteiger partial charge < -0.3 is 10.2 Å². The molecule has 0 heterocycles. The van der Waals surface area contributed by atoms with E-state index in [0.717, 1.165) is 25.2 Å². The Kier molecular flexibility index (Phi) is 5.97. The summed E-state index contributed by atoms with van der Waals surface area (Å²) in [5.41, 5.74) is 1.44. The van der Waals surface area contributed by atoms with E-state index in [1.165, 1.54) is 0 Å². The maximum atomic E-state index is 9.02. The summed E-state index contributed by atoms with van der Waals surface area (Å²) in [5, 5.41) is 12.9. The number of anilines is 1. The van der Waals surface area contributed by atoms with Gasteiger partial charge in [-0.3, -0.25) is 0 Å². The van der Waals surface area contributed by atoms with Crippen LogP contribution in [0.4, 0.5) is 5.69 Å². The van der Waals surface area contributed by atoms with E-state index < -0.39 is 0 Å². The largest absolute Gasteiger partial charge is 0.383 e. The van der Waals surface area contributed by atoms with E-state index in [0.29, 0.717) is 16.6 Å². The van der Waals surface area contributed by atoms with Crippen molar-refractivity contribution < 1.29 is 0 Å². The summed E-state index contributed by atoms with van der Waals surface area (Å²) in [6.45, 7) is 6.16. The molecule has 0 aliphatic carbocycles. The van der Waals surface area contributed by atoms with Crippen LogP contribution in [0.25, 0.3) is 0 Å². The lowest BCUT2D eigenvalue weighted by atomic mass is 10.2.